The zero-order chi connectivity index (χ0) is 12.0. The molecule has 1 fully saturated rings. The molecule has 1 aliphatic heterocycles. The zero-order valence-corrected chi connectivity index (χ0v) is 10.7. The second-order valence-corrected chi connectivity index (χ2v) is 6.35. The van der Waals surface area contributed by atoms with Gasteiger partial charge in [-0.25, -0.2) is 12.7 Å². The Kier molecular flexibility index (Phi) is 5.23. The van der Waals surface area contributed by atoms with Gasteiger partial charge in [-0.1, -0.05) is 26.2 Å². The van der Waals surface area contributed by atoms with Gasteiger partial charge in [0.1, 0.15) is 0 Å². The molecule has 1 atom stereocenters. The molecule has 1 heterocycles. The van der Waals surface area contributed by atoms with Crippen molar-refractivity contribution in [2.24, 2.45) is 0 Å². The van der Waals surface area contributed by atoms with E-state index in [0.29, 0.717) is 19.5 Å². The molecule has 0 bridgehead atoms. The van der Waals surface area contributed by atoms with Crippen molar-refractivity contribution in [3.63, 3.8) is 0 Å². The third kappa shape index (κ3) is 3.19. The maximum atomic E-state index is 12.1. The van der Waals surface area contributed by atoms with Gasteiger partial charge in [0.2, 0.25) is 10.0 Å². The highest BCUT2D eigenvalue weighted by Crippen LogP contribution is 2.17. The number of rotatable bonds is 3. The summed E-state index contributed by atoms with van der Waals surface area (Å²) < 4.78 is 25.8. The number of hydrogen-bond acceptors (Lipinski definition) is 3. The number of nitriles is 1. The molecule has 0 radical (unpaired) electrons. The van der Waals surface area contributed by atoms with Crippen LogP contribution in [0, 0.1) is 11.3 Å². The fourth-order valence-electron chi connectivity index (χ4n) is 2.02. The van der Waals surface area contributed by atoms with Crippen molar-refractivity contribution >= 4 is 10.0 Å². The molecule has 0 N–H and O–H groups in total. The Morgan fingerprint density at radius 1 is 1.19 bits per heavy atom. The fourth-order valence-corrected chi connectivity index (χ4v) is 3.70. The van der Waals surface area contributed by atoms with Gasteiger partial charge < -0.3 is 0 Å². The minimum Gasteiger partial charge on any atom is -0.211 e. The van der Waals surface area contributed by atoms with Crippen molar-refractivity contribution in [1.82, 2.24) is 4.31 Å². The summed E-state index contributed by atoms with van der Waals surface area (Å²) in [5.41, 5.74) is 0. The lowest BCUT2D eigenvalue weighted by molar-refractivity contribution is 0.361. The van der Waals surface area contributed by atoms with E-state index in [9.17, 15) is 8.42 Å². The monoisotopic (exact) mass is 244 g/mol. The van der Waals surface area contributed by atoms with E-state index in [1.807, 2.05) is 6.07 Å². The van der Waals surface area contributed by atoms with Gasteiger partial charge in [-0.15, -0.1) is 0 Å². The van der Waals surface area contributed by atoms with Crippen LogP contribution in [0.15, 0.2) is 0 Å². The lowest BCUT2D eigenvalue weighted by atomic mass is 10.1. The van der Waals surface area contributed by atoms with E-state index in [0.717, 1.165) is 25.7 Å². The summed E-state index contributed by atoms with van der Waals surface area (Å²) in [4.78, 5) is 0. The molecule has 0 spiro atoms. The average molecular weight is 244 g/mol. The summed E-state index contributed by atoms with van der Waals surface area (Å²) in [7, 11) is -3.39. The normalized spacial score (nSPS) is 21.8. The fraction of sp³-hybridized carbons (Fsp3) is 0.909. The molecule has 4 nitrogen and oxygen atoms in total. The van der Waals surface area contributed by atoms with Gasteiger partial charge in [0.15, 0.2) is 5.25 Å². The van der Waals surface area contributed by atoms with Gasteiger partial charge in [-0.05, 0) is 19.3 Å². The van der Waals surface area contributed by atoms with Crippen LogP contribution in [0.5, 0.6) is 0 Å². The topological polar surface area (TPSA) is 61.2 Å². The first kappa shape index (κ1) is 13.5. The predicted octanol–water partition coefficient (Wildman–Crippen LogP) is 1.88. The minimum absolute atomic E-state index is 0.370. The third-order valence-electron chi connectivity index (χ3n) is 3.05. The van der Waals surface area contributed by atoms with Crippen LogP contribution in [-0.4, -0.2) is 31.1 Å². The smallest absolute Gasteiger partial charge is 0.211 e. The van der Waals surface area contributed by atoms with Crippen molar-refractivity contribution in [3.8, 4) is 6.07 Å². The molecule has 16 heavy (non-hydrogen) atoms. The highest BCUT2D eigenvalue weighted by atomic mass is 32.2. The lowest BCUT2D eigenvalue weighted by Crippen LogP contribution is -2.39. The Labute approximate surface area is 98.3 Å². The summed E-state index contributed by atoms with van der Waals surface area (Å²) in [5.74, 6) is 0. The minimum atomic E-state index is -3.39. The molecule has 0 aromatic carbocycles. The second kappa shape index (κ2) is 6.21. The van der Waals surface area contributed by atoms with Crippen LogP contribution in [0.4, 0.5) is 0 Å². The van der Waals surface area contributed by atoms with E-state index in [-0.39, 0.29) is 0 Å². The van der Waals surface area contributed by atoms with Gasteiger partial charge in [0.05, 0.1) is 6.07 Å². The average Bonchev–Trinajstić information content (AvgIpc) is 2.17. The predicted molar refractivity (Wildman–Crippen MR) is 63.3 cm³/mol. The van der Waals surface area contributed by atoms with Crippen molar-refractivity contribution in [2.75, 3.05) is 13.1 Å². The van der Waals surface area contributed by atoms with Crippen LogP contribution in [0.2, 0.25) is 0 Å². The molecular formula is C11H20N2O2S. The maximum absolute atomic E-state index is 12.1. The van der Waals surface area contributed by atoms with E-state index in [4.69, 9.17) is 5.26 Å². The second-order valence-electron chi connectivity index (χ2n) is 4.24. The molecule has 92 valence electrons. The van der Waals surface area contributed by atoms with Crippen molar-refractivity contribution in [1.29, 1.82) is 5.26 Å². The molecule has 0 amide bonds. The van der Waals surface area contributed by atoms with Crippen molar-refractivity contribution < 1.29 is 8.42 Å². The van der Waals surface area contributed by atoms with E-state index in [1.54, 1.807) is 6.92 Å². The molecule has 1 aliphatic rings. The number of hydrogen-bond donors (Lipinski definition) is 0. The quantitative estimate of drug-likeness (QED) is 0.761. The Morgan fingerprint density at radius 2 is 1.69 bits per heavy atom. The molecule has 0 aromatic heterocycles. The summed E-state index contributed by atoms with van der Waals surface area (Å²) in [6.45, 7) is 2.91. The molecule has 1 saturated heterocycles. The molecule has 5 heteroatoms. The van der Waals surface area contributed by atoms with Gasteiger partial charge in [0, 0.05) is 13.1 Å². The van der Waals surface area contributed by atoms with E-state index in [2.05, 4.69) is 0 Å². The molecular weight excluding hydrogens is 224 g/mol. The SMILES string of the molecule is CCC(C#N)S(=O)(=O)N1CCCCCCC1. The van der Waals surface area contributed by atoms with Crippen LogP contribution in [0.1, 0.15) is 45.4 Å². The first-order valence-electron chi connectivity index (χ1n) is 6.01. The number of nitrogens with zero attached hydrogens (tertiary/aromatic N) is 2. The van der Waals surface area contributed by atoms with Gasteiger partial charge in [-0.2, -0.15) is 5.26 Å². The standard InChI is InChI=1S/C11H20N2O2S/c1-2-11(10-12)16(14,15)13-8-6-4-3-5-7-9-13/h11H,2-9H2,1H3. The van der Waals surface area contributed by atoms with E-state index < -0.39 is 15.3 Å². The molecule has 0 saturated carbocycles. The van der Waals surface area contributed by atoms with Crippen LogP contribution in [0.3, 0.4) is 0 Å². The van der Waals surface area contributed by atoms with Crippen molar-refractivity contribution in [3.05, 3.63) is 0 Å². The molecule has 0 aliphatic carbocycles. The van der Waals surface area contributed by atoms with Gasteiger partial charge in [0.25, 0.3) is 0 Å². The third-order valence-corrected chi connectivity index (χ3v) is 5.29. The van der Waals surface area contributed by atoms with Crippen LogP contribution < -0.4 is 0 Å². The van der Waals surface area contributed by atoms with Crippen LogP contribution >= 0.6 is 0 Å². The molecule has 1 rings (SSSR count). The Bertz CT molecular complexity index is 337. The van der Waals surface area contributed by atoms with E-state index in [1.165, 1.54) is 10.7 Å². The summed E-state index contributed by atoms with van der Waals surface area (Å²) in [6, 6.07) is 1.90. The van der Waals surface area contributed by atoms with Gasteiger partial charge >= 0.3 is 0 Å². The largest absolute Gasteiger partial charge is 0.230 e. The summed E-state index contributed by atoms with van der Waals surface area (Å²) >= 11 is 0. The first-order chi connectivity index (χ1) is 7.62. The van der Waals surface area contributed by atoms with Crippen molar-refractivity contribution in [2.45, 2.75) is 50.7 Å². The zero-order valence-electron chi connectivity index (χ0n) is 9.85. The highest BCUT2D eigenvalue weighted by molar-refractivity contribution is 7.90. The molecule has 1 unspecified atom stereocenters. The van der Waals surface area contributed by atoms with E-state index >= 15 is 0 Å². The van der Waals surface area contributed by atoms with Crippen LogP contribution in [-0.2, 0) is 10.0 Å². The maximum Gasteiger partial charge on any atom is 0.230 e. The summed E-state index contributed by atoms with van der Waals surface area (Å²) in [5, 5.41) is 7.99. The number of sulfonamides is 1. The first-order valence-corrected chi connectivity index (χ1v) is 7.51. The Morgan fingerprint density at radius 3 is 2.12 bits per heavy atom. The Hall–Kier alpha value is -0.600. The van der Waals surface area contributed by atoms with Crippen LogP contribution in [0.25, 0.3) is 0 Å². The Balaban J connectivity index is 2.76. The highest BCUT2D eigenvalue weighted by Gasteiger charge is 2.30. The lowest BCUT2D eigenvalue weighted by Gasteiger charge is -2.25. The molecule has 0 aromatic rings. The summed E-state index contributed by atoms with van der Waals surface area (Å²) in [6.07, 6.45) is 5.59. The van der Waals surface area contributed by atoms with Gasteiger partial charge in [-0.3, -0.25) is 0 Å².